The molecule has 0 N–H and O–H groups in total. The second-order valence-corrected chi connectivity index (χ2v) is 19.8. The predicted octanol–water partition coefficient (Wildman–Crippen LogP) is 0.635. The molecule has 19 heteroatoms. The topological polar surface area (TPSA) is 307 Å². The first-order valence-corrected chi connectivity index (χ1v) is 18.8. The molecule has 2 rings (SSSR count). The van der Waals surface area contributed by atoms with Crippen molar-refractivity contribution in [2.24, 2.45) is 37.9 Å². The Labute approximate surface area is 441 Å². The van der Waals surface area contributed by atoms with Crippen LogP contribution < -0.4 is 35.7 Å². The van der Waals surface area contributed by atoms with Crippen LogP contribution >= 0.6 is 0 Å². The molecule has 0 bridgehead atoms. The molecule has 2 aromatic heterocycles. The molecule has 0 aliphatic carbocycles. The summed E-state index contributed by atoms with van der Waals surface area (Å²) in [5.41, 5.74) is -4.86. The fourth-order valence-electron chi connectivity index (χ4n) is 0.625. The maximum Gasteiger partial charge on any atom is 3.00 e. The molecule has 0 saturated heterocycles. The van der Waals surface area contributed by atoms with E-state index in [1.165, 1.54) is 0 Å². The van der Waals surface area contributed by atoms with E-state index < -0.39 is 79.7 Å². The number of aliphatic carboxylic acids is 7. The number of rotatable bonds is 0. The number of carbonyl (C=O) groups is 7. The SMILES string of the molecule is CC(C)(C)C(=O)[O-].CC(C)(C)C(=O)[O-].CC(C)(C)C(=O)[O-].CC(C)(C)C(=O)[O-].CC(C)(C)C(=O)[O-].CC(C)(C)C(=O)[O-].CC(C)(C)C(=O)[O-].[Nd+3].[Zn+2].[Zn+2].c1ccncc1.c1ccncc1. The van der Waals surface area contributed by atoms with Gasteiger partial charge in [0, 0.05) is 104 Å². The van der Waals surface area contributed by atoms with Gasteiger partial charge in [0.25, 0.3) is 0 Å². The largest absolute Gasteiger partial charge is 3.00 e. The Morgan fingerprint density at radius 3 is 0.359 bits per heavy atom. The molecule has 0 aliphatic heterocycles. The van der Waals surface area contributed by atoms with Gasteiger partial charge in [0.05, 0.1) is 0 Å². The maximum atomic E-state index is 9.91. The van der Waals surface area contributed by atoms with Crippen LogP contribution in [0.4, 0.5) is 0 Å². The van der Waals surface area contributed by atoms with Crippen molar-refractivity contribution in [3.8, 4) is 0 Å². The summed E-state index contributed by atoms with van der Waals surface area (Å²) in [4.78, 5) is 76.9. The van der Waals surface area contributed by atoms with E-state index in [0.29, 0.717) is 0 Å². The van der Waals surface area contributed by atoms with Crippen molar-refractivity contribution >= 4 is 41.8 Å². The van der Waals surface area contributed by atoms with Crippen LogP contribution in [0.25, 0.3) is 0 Å². The smallest absolute Gasteiger partial charge is 0.550 e. The zero-order chi connectivity index (χ0) is 51.0. The van der Waals surface area contributed by atoms with Crippen LogP contribution in [-0.4, -0.2) is 51.8 Å². The molecule has 0 fully saturated rings. The average Bonchev–Trinajstić information content (AvgIpc) is 3.05. The summed E-state index contributed by atoms with van der Waals surface area (Å²) in [6.07, 6.45) is 7.00. The van der Waals surface area contributed by atoms with Crippen molar-refractivity contribution < 1.29 is 149 Å². The van der Waals surface area contributed by atoms with Crippen molar-refractivity contribution in [3.05, 3.63) is 61.2 Å². The first kappa shape index (κ1) is 84.6. The summed E-state index contributed by atoms with van der Waals surface area (Å²) >= 11 is 0. The Hall–Kier alpha value is -2.81. The number of pyridine rings is 2. The van der Waals surface area contributed by atoms with Crippen LogP contribution in [0.15, 0.2) is 61.2 Å². The van der Waals surface area contributed by atoms with Crippen molar-refractivity contribution in [2.45, 2.75) is 145 Å². The minimum Gasteiger partial charge on any atom is -0.550 e. The van der Waals surface area contributed by atoms with Crippen molar-refractivity contribution in [2.75, 3.05) is 0 Å². The van der Waals surface area contributed by atoms with Gasteiger partial charge in [0.15, 0.2) is 0 Å². The average molecular weight is 1140 g/mol. The van der Waals surface area contributed by atoms with E-state index in [1.807, 2.05) is 36.4 Å². The first-order valence-electron chi connectivity index (χ1n) is 18.8. The molecule has 0 saturated carbocycles. The summed E-state index contributed by atoms with van der Waals surface area (Å²) in [5.74, 6) is -7.05. The van der Waals surface area contributed by atoms with Crippen molar-refractivity contribution in [1.82, 2.24) is 9.97 Å². The molecule has 2 heterocycles. The number of hydrogen-bond acceptors (Lipinski definition) is 16. The molecule has 0 aromatic carbocycles. The second kappa shape index (κ2) is 40.5. The van der Waals surface area contributed by atoms with Crippen LogP contribution in [0.5, 0.6) is 0 Å². The molecule has 64 heavy (non-hydrogen) atoms. The van der Waals surface area contributed by atoms with E-state index in [0.717, 1.165) is 0 Å². The van der Waals surface area contributed by atoms with Gasteiger partial charge in [-0.1, -0.05) is 158 Å². The standard InChI is InChI=1S/2C5H5N.7C5H10O2.Nd.2Zn/c2*1-2-4-6-5-3-1;7*1-5(2,3)4(6)7;;;/h2*1-5H;7*1-3H3,(H,6,7);;;/q;;;;;;;;;+3;2*+2/p-7. The van der Waals surface area contributed by atoms with E-state index in [-0.39, 0.29) is 79.8 Å². The van der Waals surface area contributed by atoms with Gasteiger partial charge in [-0.2, -0.15) is 0 Å². The fourth-order valence-corrected chi connectivity index (χ4v) is 0.625. The van der Waals surface area contributed by atoms with E-state index in [2.05, 4.69) is 9.97 Å². The third kappa shape index (κ3) is 76.5. The molecule has 0 atom stereocenters. The molecular formula is C45H73N2NdO14Zn2. The summed E-state index contributed by atoms with van der Waals surface area (Å²) in [5, 5.41) is 69.4. The summed E-state index contributed by atoms with van der Waals surface area (Å²) in [6, 6.07) is 11.4. The van der Waals surface area contributed by atoms with Gasteiger partial charge in [0.2, 0.25) is 0 Å². The fraction of sp³-hybridized carbons (Fsp3) is 0.622. The summed E-state index contributed by atoms with van der Waals surface area (Å²) < 4.78 is 0. The Kier molecular flexibility index (Phi) is 53.5. The van der Waals surface area contributed by atoms with E-state index in [9.17, 15) is 69.3 Å². The molecular weight excluding hydrogens is 1070 g/mol. The molecule has 0 spiro atoms. The normalized spacial score (nSPS) is 10.1. The van der Waals surface area contributed by atoms with Gasteiger partial charge in [-0.05, 0) is 24.3 Å². The number of carboxylic acids is 7. The van der Waals surface area contributed by atoms with E-state index in [1.54, 1.807) is 170 Å². The third-order valence-electron chi connectivity index (χ3n) is 5.42. The number of carboxylic acid groups (broad SMARTS) is 7. The number of aromatic nitrogens is 2. The summed E-state index contributed by atoms with van der Waals surface area (Å²) in [7, 11) is 0. The molecule has 0 amide bonds. The van der Waals surface area contributed by atoms with Gasteiger partial charge >= 0.3 is 79.8 Å². The minimum absolute atomic E-state index is 0. The van der Waals surface area contributed by atoms with Gasteiger partial charge < -0.3 is 69.3 Å². The maximum absolute atomic E-state index is 9.91. The van der Waals surface area contributed by atoms with Gasteiger partial charge in [-0.3, -0.25) is 9.97 Å². The molecule has 1 radical (unpaired) electrons. The Bertz CT molecular complexity index is 1190. The Morgan fingerprint density at radius 2 is 0.344 bits per heavy atom. The molecule has 0 aliphatic rings. The van der Waals surface area contributed by atoms with Gasteiger partial charge in [-0.15, -0.1) is 0 Å². The van der Waals surface area contributed by atoms with Gasteiger partial charge in [0.1, 0.15) is 0 Å². The predicted molar refractivity (Wildman–Crippen MR) is 220 cm³/mol. The Balaban J connectivity index is -0.0000000637. The number of carbonyl (C=O) groups excluding carboxylic acids is 7. The zero-order valence-corrected chi connectivity index (χ0v) is 51.4. The van der Waals surface area contributed by atoms with Gasteiger partial charge in [-0.25, -0.2) is 0 Å². The van der Waals surface area contributed by atoms with E-state index >= 15 is 0 Å². The van der Waals surface area contributed by atoms with Crippen molar-refractivity contribution in [3.63, 3.8) is 0 Å². The number of hydrogen-bond donors (Lipinski definition) is 0. The van der Waals surface area contributed by atoms with Crippen LogP contribution in [0.3, 0.4) is 0 Å². The quantitative estimate of drug-likeness (QED) is 0.327. The van der Waals surface area contributed by atoms with Crippen molar-refractivity contribution in [1.29, 1.82) is 0 Å². The second-order valence-electron chi connectivity index (χ2n) is 19.8. The molecule has 355 valence electrons. The number of nitrogens with zero attached hydrogens (tertiary/aromatic N) is 2. The monoisotopic (exact) mass is 1140 g/mol. The molecule has 0 unspecified atom stereocenters. The summed E-state index contributed by atoms with van der Waals surface area (Å²) in [6.45, 7) is 33.6. The van der Waals surface area contributed by atoms with Crippen LogP contribution in [0, 0.1) is 78.7 Å². The van der Waals surface area contributed by atoms with E-state index in [4.69, 9.17) is 0 Å². The zero-order valence-electron chi connectivity index (χ0n) is 42.3. The Morgan fingerprint density at radius 1 is 0.266 bits per heavy atom. The van der Waals surface area contributed by atoms with Crippen LogP contribution in [0.2, 0.25) is 0 Å². The van der Waals surface area contributed by atoms with Crippen LogP contribution in [-0.2, 0) is 72.5 Å². The molecule has 2 aromatic rings. The first-order chi connectivity index (χ1) is 26.6. The minimum atomic E-state index is -1.01. The molecule has 16 nitrogen and oxygen atoms in total. The van der Waals surface area contributed by atoms with Crippen LogP contribution in [0.1, 0.15) is 145 Å². The third-order valence-corrected chi connectivity index (χ3v) is 5.42.